The Bertz CT molecular complexity index is 634. The molecule has 0 amide bonds. The van der Waals surface area contributed by atoms with Gasteiger partial charge in [0.15, 0.2) is 5.82 Å². The zero-order valence-electron chi connectivity index (χ0n) is 13.8. The maximum absolute atomic E-state index is 5.91. The van der Waals surface area contributed by atoms with Crippen LogP contribution in [-0.4, -0.2) is 54.4 Å². The molecule has 0 unspecified atom stereocenters. The summed E-state index contributed by atoms with van der Waals surface area (Å²) in [6.07, 6.45) is 4.97. The number of rotatable bonds is 6. The van der Waals surface area contributed by atoms with Crippen LogP contribution in [0.5, 0.6) is 0 Å². The number of ether oxygens (including phenoxy) is 2. The number of morpholine rings is 1. The topological polar surface area (TPSA) is 47.5 Å². The third kappa shape index (κ3) is 4.74. The van der Waals surface area contributed by atoms with E-state index in [1.165, 1.54) is 0 Å². The Balaban J connectivity index is 1.58. The van der Waals surface area contributed by atoms with E-state index in [0.717, 1.165) is 56.2 Å². The third-order valence-corrected chi connectivity index (χ3v) is 4.33. The molecule has 1 aliphatic heterocycles. The molecule has 6 heteroatoms. The summed E-state index contributed by atoms with van der Waals surface area (Å²) < 4.78 is 10.9. The van der Waals surface area contributed by atoms with Crippen LogP contribution in [0.15, 0.2) is 36.7 Å². The number of halogens is 1. The van der Waals surface area contributed by atoms with Gasteiger partial charge in [-0.25, -0.2) is 9.97 Å². The van der Waals surface area contributed by atoms with Gasteiger partial charge in [0.25, 0.3) is 0 Å². The number of hydrogen-bond donors (Lipinski definition) is 0. The first-order valence-corrected chi connectivity index (χ1v) is 8.52. The minimum absolute atomic E-state index is 0.243. The van der Waals surface area contributed by atoms with Crippen molar-refractivity contribution in [3.05, 3.63) is 47.2 Å². The van der Waals surface area contributed by atoms with Crippen molar-refractivity contribution in [3.63, 3.8) is 0 Å². The first-order valence-electron chi connectivity index (χ1n) is 8.14. The average Bonchev–Trinajstić information content (AvgIpc) is 2.62. The lowest BCUT2D eigenvalue weighted by Gasteiger charge is -2.32. The van der Waals surface area contributed by atoms with E-state index in [1.807, 2.05) is 36.7 Å². The molecule has 24 heavy (non-hydrogen) atoms. The number of benzene rings is 1. The summed E-state index contributed by atoms with van der Waals surface area (Å²) in [5.74, 6) is 0.718. The van der Waals surface area contributed by atoms with Gasteiger partial charge in [-0.05, 0) is 30.7 Å². The lowest BCUT2D eigenvalue weighted by Crippen LogP contribution is -2.42. The van der Waals surface area contributed by atoms with Crippen molar-refractivity contribution in [2.24, 2.45) is 0 Å². The van der Waals surface area contributed by atoms with Gasteiger partial charge < -0.3 is 9.47 Å². The quantitative estimate of drug-likeness (QED) is 0.803. The van der Waals surface area contributed by atoms with Gasteiger partial charge >= 0.3 is 0 Å². The highest BCUT2D eigenvalue weighted by Gasteiger charge is 2.20. The van der Waals surface area contributed by atoms with Crippen LogP contribution < -0.4 is 0 Å². The SMILES string of the molecule is COCC[C@H]1CN(Cc2cnc(-c3ccc(Cl)cc3)nc2)CCO1. The average molecular weight is 348 g/mol. The summed E-state index contributed by atoms with van der Waals surface area (Å²) >= 11 is 5.91. The van der Waals surface area contributed by atoms with E-state index in [4.69, 9.17) is 21.1 Å². The molecule has 0 bridgehead atoms. The maximum Gasteiger partial charge on any atom is 0.159 e. The van der Waals surface area contributed by atoms with Crippen LogP contribution >= 0.6 is 11.6 Å². The van der Waals surface area contributed by atoms with E-state index < -0.39 is 0 Å². The van der Waals surface area contributed by atoms with E-state index in [-0.39, 0.29) is 6.10 Å². The van der Waals surface area contributed by atoms with E-state index in [0.29, 0.717) is 5.02 Å². The fraction of sp³-hybridized carbons (Fsp3) is 0.444. The molecule has 0 saturated carbocycles. The predicted octanol–water partition coefficient (Wildman–Crippen LogP) is 3.03. The van der Waals surface area contributed by atoms with Gasteiger partial charge in [-0.3, -0.25) is 4.90 Å². The normalized spacial score (nSPS) is 18.7. The van der Waals surface area contributed by atoms with Crippen molar-refractivity contribution in [2.75, 3.05) is 33.4 Å². The van der Waals surface area contributed by atoms with Gasteiger partial charge in [0.1, 0.15) is 0 Å². The van der Waals surface area contributed by atoms with E-state index in [2.05, 4.69) is 14.9 Å². The fourth-order valence-corrected chi connectivity index (χ4v) is 2.92. The molecule has 128 valence electrons. The summed E-state index contributed by atoms with van der Waals surface area (Å²) in [7, 11) is 1.72. The van der Waals surface area contributed by atoms with Crippen molar-refractivity contribution in [2.45, 2.75) is 19.1 Å². The molecule has 0 N–H and O–H groups in total. The molecule has 0 radical (unpaired) electrons. The zero-order chi connectivity index (χ0) is 16.8. The Morgan fingerprint density at radius 1 is 1.25 bits per heavy atom. The zero-order valence-corrected chi connectivity index (χ0v) is 14.6. The Labute approximate surface area is 147 Å². The number of aromatic nitrogens is 2. The van der Waals surface area contributed by atoms with Crippen molar-refractivity contribution in [1.82, 2.24) is 14.9 Å². The molecule has 2 aromatic rings. The van der Waals surface area contributed by atoms with Crippen molar-refractivity contribution in [3.8, 4) is 11.4 Å². The van der Waals surface area contributed by atoms with Crippen LogP contribution in [0, 0.1) is 0 Å². The van der Waals surface area contributed by atoms with Gasteiger partial charge in [0, 0.05) is 61.9 Å². The summed E-state index contributed by atoms with van der Waals surface area (Å²) in [6, 6.07) is 7.56. The molecule has 2 heterocycles. The first kappa shape index (κ1) is 17.3. The Morgan fingerprint density at radius 3 is 2.71 bits per heavy atom. The molecule has 1 aromatic carbocycles. The molecule has 3 rings (SSSR count). The summed E-state index contributed by atoms with van der Waals surface area (Å²) in [4.78, 5) is 11.3. The van der Waals surface area contributed by atoms with Crippen LogP contribution in [0.3, 0.4) is 0 Å². The molecule has 0 aliphatic carbocycles. The van der Waals surface area contributed by atoms with Crippen molar-refractivity contribution >= 4 is 11.6 Å². The van der Waals surface area contributed by atoms with Gasteiger partial charge in [-0.2, -0.15) is 0 Å². The largest absolute Gasteiger partial charge is 0.385 e. The van der Waals surface area contributed by atoms with Gasteiger partial charge in [0.05, 0.1) is 12.7 Å². The standard InChI is InChI=1S/C18H22ClN3O2/c1-23-8-6-17-13-22(7-9-24-17)12-14-10-20-18(21-11-14)15-2-4-16(19)5-3-15/h2-5,10-11,17H,6-9,12-13H2,1H3/t17-/m0/s1. The second-order valence-electron chi connectivity index (χ2n) is 5.93. The molecule has 0 spiro atoms. The second kappa shape index (κ2) is 8.53. The minimum Gasteiger partial charge on any atom is -0.385 e. The summed E-state index contributed by atoms with van der Waals surface area (Å²) in [5, 5.41) is 0.714. The molecular formula is C18H22ClN3O2. The van der Waals surface area contributed by atoms with Crippen molar-refractivity contribution in [1.29, 1.82) is 0 Å². The highest BCUT2D eigenvalue weighted by molar-refractivity contribution is 6.30. The van der Waals surface area contributed by atoms with Gasteiger partial charge in [0.2, 0.25) is 0 Å². The third-order valence-electron chi connectivity index (χ3n) is 4.08. The van der Waals surface area contributed by atoms with Crippen LogP contribution in [-0.2, 0) is 16.0 Å². The summed E-state index contributed by atoms with van der Waals surface area (Å²) in [5.41, 5.74) is 2.08. The highest BCUT2D eigenvalue weighted by Crippen LogP contribution is 2.18. The van der Waals surface area contributed by atoms with E-state index >= 15 is 0 Å². The fourth-order valence-electron chi connectivity index (χ4n) is 2.79. The predicted molar refractivity (Wildman–Crippen MR) is 94.0 cm³/mol. The van der Waals surface area contributed by atoms with Crippen LogP contribution in [0.1, 0.15) is 12.0 Å². The summed E-state index contributed by atoms with van der Waals surface area (Å²) in [6.45, 7) is 4.19. The Kier molecular flexibility index (Phi) is 6.15. The minimum atomic E-state index is 0.243. The molecule has 1 atom stereocenters. The number of nitrogens with zero attached hydrogens (tertiary/aromatic N) is 3. The Morgan fingerprint density at radius 2 is 2.00 bits per heavy atom. The molecular weight excluding hydrogens is 326 g/mol. The Hall–Kier alpha value is -1.53. The molecule has 1 aromatic heterocycles. The van der Waals surface area contributed by atoms with Crippen molar-refractivity contribution < 1.29 is 9.47 Å². The molecule has 5 nitrogen and oxygen atoms in total. The maximum atomic E-state index is 5.91. The molecule has 1 fully saturated rings. The number of hydrogen-bond acceptors (Lipinski definition) is 5. The van der Waals surface area contributed by atoms with Crippen LogP contribution in [0.2, 0.25) is 5.02 Å². The molecule has 1 aliphatic rings. The smallest absolute Gasteiger partial charge is 0.159 e. The first-order chi connectivity index (χ1) is 11.7. The van der Waals surface area contributed by atoms with Crippen LogP contribution in [0.25, 0.3) is 11.4 Å². The molecule has 1 saturated heterocycles. The monoisotopic (exact) mass is 347 g/mol. The van der Waals surface area contributed by atoms with E-state index in [1.54, 1.807) is 7.11 Å². The van der Waals surface area contributed by atoms with E-state index in [9.17, 15) is 0 Å². The highest BCUT2D eigenvalue weighted by atomic mass is 35.5. The van der Waals surface area contributed by atoms with Crippen LogP contribution in [0.4, 0.5) is 0 Å². The lowest BCUT2D eigenvalue weighted by molar-refractivity contribution is -0.0433. The lowest BCUT2D eigenvalue weighted by atomic mass is 10.2. The van der Waals surface area contributed by atoms with Gasteiger partial charge in [-0.1, -0.05) is 11.6 Å². The second-order valence-corrected chi connectivity index (χ2v) is 6.37. The van der Waals surface area contributed by atoms with Gasteiger partial charge in [-0.15, -0.1) is 0 Å². The number of methoxy groups -OCH3 is 1.